The van der Waals surface area contributed by atoms with Gasteiger partial charge in [-0.05, 0) is 63.5 Å². The minimum absolute atomic E-state index is 0.223. The molecule has 1 aliphatic heterocycles. The van der Waals surface area contributed by atoms with Crippen molar-refractivity contribution in [2.24, 2.45) is 5.92 Å². The molecule has 31 heavy (non-hydrogen) atoms. The predicted octanol–water partition coefficient (Wildman–Crippen LogP) is 3.30. The van der Waals surface area contributed by atoms with Crippen LogP contribution in [0.2, 0.25) is 0 Å². The molecule has 2 fully saturated rings. The Balaban J connectivity index is 1.82. The molecule has 1 aliphatic carbocycles. The van der Waals surface area contributed by atoms with Crippen molar-refractivity contribution in [2.45, 2.75) is 64.8 Å². The van der Waals surface area contributed by atoms with Gasteiger partial charge in [0.1, 0.15) is 23.7 Å². The number of amides is 1. The molecule has 172 valence electrons. The standard InChI is InChI=1S/C23H35N3O5/c1-4-23(5-2,22(28)30-6-3)25-20(27)18-11-12-19(26-13-7-8-14-29-16-26)21(24-18)31-15-17-9-10-17/h11-12,17H,4-10,13-16H2,1-3H3,(H,25,27). The van der Waals surface area contributed by atoms with E-state index < -0.39 is 17.4 Å². The zero-order chi connectivity index (χ0) is 22.3. The van der Waals surface area contributed by atoms with Gasteiger partial charge >= 0.3 is 5.97 Å². The topological polar surface area (TPSA) is 90.0 Å². The maximum absolute atomic E-state index is 13.1. The van der Waals surface area contributed by atoms with Gasteiger partial charge < -0.3 is 24.4 Å². The van der Waals surface area contributed by atoms with E-state index in [-0.39, 0.29) is 12.3 Å². The number of carbonyl (C=O) groups is 2. The fraction of sp³-hybridized carbons (Fsp3) is 0.696. The highest BCUT2D eigenvalue weighted by molar-refractivity contribution is 5.97. The molecule has 1 amide bonds. The number of rotatable bonds is 10. The Bertz CT molecular complexity index is 754. The van der Waals surface area contributed by atoms with E-state index in [2.05, 4.69) is 15.2 Å². The minimum atomic E-state index is -1.07. The Morgan fingerprint density at radius 3 is 2.68 bits per heavy atom. The molecule has 8 heteroatoms. The Hall–Kier alpha value is -2.35. The monoisotopic (exact) mass is 433 g/mol. The molecular formula is C23H35N3O5. The summed E-state index contributed by atoms with van der Waals surface area (Å²) < 4.78 is 16.9. The molecule has 2 heterocycles. The van der Waals surface area contributed by atoms with Gasteiger partial charge in [0, 0.05) is 13.2 Å². The summed E-state index contributed by atoms with van der Waals surface area (Å²) in [6, 6.07) is 3.55. The summed E-state index contributed by atoms with van der Waals surface area (Å²) in [6.45, 7) is 8.41. The van der Waals surface area contributed by atoms with Crippen molar-refractivity contribution in [3.05, 3.63) is 17.8 Å². The van der Waals surface area contributed by atoms with Crippen LogP contribution in [0.25, 0.3) is 0 Å². The van der Waals surface area contributed by atoms with Crippen molar-refractivity contribution in [2.75, 3.05) is 38.0 Å². The number of anilines is 1. The first kappa shape index (κ1) is 23.3. The van der Waals surface area contributed by atoms with Crippen LogP contribution in [-0.4, -0.2) is 55.5 Å². The number of nitrogens with zero attached hydrogens (tertiary/aromatic N) is 2. The Morgan fingerprint density at radius 1 is 1.23 bits per heavy atom. The maximum atomic E-state index is 13.1. The Labute approximate surface area is 184 Å². The van der Waals surface area contributed by atoms with Crippen LogP contribution in [0.4, 0.5) is 5.69 Å². The lowest BCUT2D eigenvalue weighted by atomic mass is 9.92. The van der Waals surface area contributed by atoms with Crippen LogP contribution in [0.1, 0.15) is 69.8 Å². The first-order valence-electron chi connectivity index (χ1n) is 11.5. The quantitative estimate of drug-likeness (QED) is 0.566. The summed E-state index contributed by atoms with van der Waals surface area (Å²) in [5, 5.41) is 2.87. The number of esters is 1. The lowest BCUT2D eigenvalue weighted by Crippen LogP contribution is -2.54. The zero-order valence-corrected chi connectivity index (χ0v) is 18.9. The molecule has 0 spiro atoms. The first-order chi connectivity index (χ1) is 15.0. The van der Waals surface area contributed by atoms with Crippen LogP contribution in [-0.2, 0) is 14.3 Å². The zero-order valence-electron chi connectivity index (χ0n) is 18.9. The molecule has 0 atom stereocenters. The van der Waals surface area contributed by atoms with E-state index in [1.165, 1.54) is 0 Å². The van der Waals surface area contributed by atoms with E-state index >= 15 is 0 Å². The highest BCUT2D eigenvalue weighted by Gasteiger charge is 2.38. The molecule has 1 saturated carbocycles. The van der Waals surface area contributed by atoms with Gasteiger partial charge in [-0.25, -0.2) is 9.78 Å². The maximum Gasteiger partial charge on any atom is 0.331 e. The summed E-state index contributed by atoms with van der Waals surface area (Å²) in [7, 11) is 0. The normalized spacial score (nSPS) is 17.1. The smallest absolute Gasteiger partial charge is 0.331 e. The molecule has 0 aromatic carbocycles. The molecule has 0 bridgehead atoms. The third kappa shape index (κ3) is 5.87. The number of pyridine rings is 1. The van der Waals surface area contributed by atoms with Gasteiger partial charge in [-0.15, -0.1) is 0 Å². The summed E-state index contributed by atoms with van der Waals surface area (Å²) >= 11 is 0. The van der Waals surface area contributed by atoms with Gasteiger partial charge in [0.25, 0.3) is 5.91 Å². The predicted molar refractivity (Wildman–Crippen MR) is 117 cm³/mol. The van der Waals surface area contributed by atoms with Gasteiger partial charge in [-0.2, -0.15) is 0 Å². The number of hydrogen-bond acceptors (Lipinski definition) is 7. The number of nitrogens with one attached hydrogen (secondary N) is 1. The van der Waals surface area contributed by atoms with Crippen molar-refractivity contribution in [1.29, 1.82) is 0 Å². The van der Waals surface area contributed by atoms with Crippen LogP contribution >= 0.6 is 0 Å². The Kier molecular flexibility index (Phi) is 8.12. The minimum Gasteiger partial charge on any atom is -0.476 e. The highest BCUT2D eigenvalue weighted by Crippen LogP contribution is 2.33. The third-order valence-electron chi connectivity index (χ3n) is 6.01. The second-order valence-corrected chi connectivity index (χ2v) is 8.25. The molecule has 1 aromatic rings. The van der Waals surface area contributed by atoms with Crippen molar-refractivity contribution < 1.29 is 23.8 Å². The molecule has 1 aromatic heterocycles. The number of aromatic nitrogens is 1. The van der Waals surface area contributed by atoms with Gasteiger partial charge in [0.2, 0.25) is 5.88 Å². The molecule has 0 radical (unpaired) electrons. The summed E-state index contributed by atoms with van der Waals surface area (Å²) in [6.07, 6.45) is 5.24. The largest absolute Gasteiger partial charge is 0.476 e. The average Bonchev–Trinajstić information content (AvgIpc) is 3.63. The van der Waals surface area contributed by atoms with E-state index in [0.717, 1.165) is 44.5 Å². The van der Waals surface area contributed by atoms with Crippen LogP contribution in [0.5, 0.6) is 5.88 Å². The van der Waals surface area contributed by atoms with Gasteiger partial charge in [-0.1, -0.05) is 13.8 Å². The second kappa shape index (κ2) is 10.8. The molecule has 0 unspecified atom stereocenters. The van der Waals surface area contributed by atoms with Crippen molar-refractivity contribution in [1.82, 2.24) is 10.3 Å². The molecule has 2 aliphatic rings. The molecular weight excluding hydrogens is 398 g/mol. The van der Waals surface area contributed by atoms with E-state index in [9.17, 15) is 9.59 Å². The van der Waals surface area contributed by atoms with Crippen molar-refractivity contribution in [3.63, 3.8) is 0 Å². The van der Waals surface area contributed by atoms with E-state index in [1.54, 1.807) is 13.0 Å². The van der Waals surface area contributed by atoms with Crippen LogP contribution in [0.3, 0.4) is 0 Å². The lowest BCUT2D eigenvalue weighted by Gasteiger charge is -2.30. The van der Waals surface area contributed by atoms with Crippen LogP contribution in [0.15, 0.2) is 12.1 Å². The Morgan fingerprint density at radius 2 is 2.00 bits per heavy atom. The fourth-order valence-electron chi connectivity index (χ4n) is 3.64. The molecule has 1 N–H and O–H groups in total. The second-order valence-electron chi connectivity index (χ2n) is 8.25. The van der Waals surface area contributed by atoms with Gasteiger partial charge in [-0.3, -0.25) is 4.79 Å². The number of ether oxygens (including phenoxy) is 3. The summed E-state index contributed by atoms with van der Waals surface area (Å²) in [4.78, 5) is 32.2. The SMILES string of the molecule is CCOC(=O)C(CC)(CC)NC(=O)c1ccc(N2CCCCOC2)c(OCC2CC2)n1. The van der Waals surface area contributed by atoms with E-state index in [0.29, 0.717) is 38.0 Å². The number of carbonyl (C=O) groups excluding carboxylic acids is 2. The van der Waals surface area contributed by atoms with Gasteiger partial charge in [0.05, 0.1) is 13.2 Å². The fourth-order valence-corrected chi connectivity index (χ4v) is 3.64. The highest BCUT2D eigenvalue weighted by atomic mass is 16.5. The summed E-state index contributed by atoms with van der Waals surface area (Å²) in [5.41, 5.74) is -0.0104. The number of hydrogen-bond donors (Lipinski definition) is 1. The van der Waals surface area contributed by atoms with E-state index in [4.69, 9.17) is 14.2 Å². The van der Waals surface area contributed by atoms with Crippen molar-refractivity contribution in [3.8, 4) is 5.88 Å². The molecule has 3 rings (SSSR count). The van der Waals surface area contributed by atoms with Gasteiger partial charge in [0.15, 0.2) is 0 Å². The summed E-state index contributed by atoms with van der Waals surface area (Å²) in [5.74, 6) is 0.174. The third-order valence-corrected chi connectivity index (χ3v) is 6.01. The van der Waals surface area contributed by atoms with Crippen LogP contribution in [0, 0.1) is 5.92 Å². The molecule has 1 saturated heterocycles. The average molecular weight is 434 g/mol. The van der Waals surface area contributed by atoms with Crippen LogP contribution < -0.4 is 15.0 Å². The lowest BCUT2D eigenvalue weighted by molar-refractivity contribution is -0.151. The van der Waals surface area contributed by atoms with E-state index in [1.807, 2.05) is 19.9 Å². The first-order valence-corrected chi connectivity index (χ1v) is 11.5. The van der Waals surface area contributed by atoms with Crippen molar-refractivity contribution >= 4 is 17.6 Å². The molecule has 8 nitrogen and oxygen atoms in total.